The van der Waals surface area contributed by atoms with Gasteiger partial charge in [0.1, 0.15) is 11.6 Å². The Morgan fingerprint density at radius 1 is 1.42 bits per heavy atom. The Bertz CT molecular complexity index is 365. The molecule has 0 heterocycles. The second-order valence-electron chi connectivity index (χ2n) is 5.83. The SMILES string of the molecule is CCC(OC1CCCC1)C(=O)N(C)C1(C#N)CCC1. The minimum atomic E-state index is -0.566. The number of hydrogen-bond acceptors (Lipinski definition) is 3. The van der Waals surface area contributed by atoms with Crippen molar-refractivity contribution in [2.24, 2.45) is 0 Å². The third kappa shape index (κ3) is 2.76. The molecule has 2 rings (SSSR count). The number of amides is 1. The fraction of sp³-hybridized carbons (Fsp3) is 0.867. The zero-order valence-corrected chi connectivity index (χ0v) is 12.0. The average molecular weight is 264 g/mol. The summed E-state index contributed by atoms with van der Waals surface area (Å²) in [6.45, 7) is 1.98. The van der Waals surface area contributed by atoms with E-state index < -0.39 is 5.54 Å². The van der Waals surface area contributed by atoms with Crippen molar-refractivity contribution in [2.75, 3.05) is 7.05 Å². The first-order valence-electron chi connectivity index (χ1n) is 7.47. The first-order valence-corrected chi connectivity index (χ1v) is 7.47. The third-order valence-corrected chi connectivity index (χ3v) is 4.67. The summed E-state index contributed by atoms with van der Waals surface area (Å²) in [5, 5.41) is 9.31. The monoisotopic (exact) mass is 264 g/mol. The molecule has 1 amide bonds. The van der Waals surface area contributed by atoms with E-state index in [0.29, 0.717) is 6.42 Å². The van der Waals surface area contributed by atoms with Gasteiger partial charge in [-0.25, -0.2) is 0 Å². The van der Waals surface area contributed by atoms with Crippen LogP contribution >= 0.6 is 0 Å². The first-order chi connectivity index (χ1) is 9.13. The van der Waals surface area contributed by atoms with Crippen molar-refractivity contribution in [3.8, 4) is 6.07 Å². The molecule has 2 aliphatic carbocycles. The molecule has 106 valence electrons. The van der Waals surface area contributed by atoms with Crippen LogP contribution in [0.25, 0.3) is 0 Å². The zero-order valence-electron chi connectivity index (χ0n) is 12.0. The Labute approximate surface area is 115 Å². The summed E-state index contributed by atoms with van der Waals surface area (Å²) in [4.78, 5) is 14.1. The summed E-state index contributed by atoms with van der Waals surface area (Å²) in [6, 6.07) is 2.32. The molecule has 0 aromatic heterocycles. The summed E-state index contributed by atoms with van der Waals surface area (Å²) < 4.78 is 5.95. The number of nitriles is 1. The van der Waals surface area contributed by atoms with Crippen LogP contribution < -0.4 is 0 Å². The van der Waals surface area contributed by atoms with Crippen LogP contribution in [0.5, 0.6) is 0 Å². The molecule has 0 bridgehead atoms. The van der Waals surface area contributed by atoms with Crippen LogP contribution in [0.3, 0.4) is 0 Å². The average Bonchev–Trinajstić information content (AvgIpc) is 2.87. The van der Waals surface area contributed by atoms with Gasteiger partial charge in [0.2, 0.25) is 0 Å². The van der Waals surface area contributed by atoms with Crippen LogP contribution in [0.2, 0.25) is 0 Å². The van der Waals surface area contributed by atoms with Crippen molar-refractivity contribution in [3.05, 3.63) is 0 Å². The molecule has 0 aromatic carbocycles. The standard InChI is InChI=1S/C15H24N2O2/c1-3-13(19-12-7-4-5-8-12)14(18)17(2)15(11-16)9-6-10-15/h12-13H,3-10H2,1-2H3. The van der Waals surface area contributed by atoms with Crippen LogP contribution in [0, 0.1) is 11.3 Å². The molecular weight excluding hydrogens is 240 g/mol. The van der Waals surface area contributed by atoms with Crippen LogP contribution in [0.1, 0.15) is 58.3 Å². The number of ether oxygens (including phenoxy) is 1. The van der Waals surface area contributed by atoms with Crippen molar-refractivity contribution < 1.29 is 9.53 Å². The number of carbonyl (C=O) groups is 1. The van der Waals surface area contributed by atoms with Crippen LogP contribution in [-0.4, -0.2) is 35.6 Å². The molecule has 0 spiro atoms. The van der Waals surface area contributed by atoms with E-state index in [9.17, 15) is 10.1 Å². The first kappa shape index (κ1) is 14.3. The highest BCUT2D eigenvalue weighted by Gasteiger charge is 2.45. The molecular formula is C15H24N2O2. The fourth-order valence-corrected chi connectivity index (χ4v) is 3.05. The van der Waals surface area contributed by atoms with E-state index in [1.165, 1.54) is 12.8 Å². The molecule has 1 unspecified atom stereocenters. The van der Waals surface area contributed by atoms with E-state index in [-0.39, 0.29) is 18.1 Å². The lowest BCUT2D eigenvalue weighted by Gasteiger charge is -2.44. The molecule has 19 heavy (non-hydrogen) atoms. The number of nitrogens with zero attached hydrogens (tertiary/aromatic N) is 2. The number of carbonyl (C=O) groups excluding carboxylic acids is 1. The second kappa shape index (κ2) is 5.92. The third-order valence-electron chi connectivity index (χ3n) is 4.67. The lowest BCUT2D eigenvalue weighted by Crippen LogP contribution is -2.56. The Morgan fingerprint density at radius 3 is 2.47 bits per heavy atom. The summed E-state index contributed by atoms with van der Waals surface area (Å²) >= 11 is 0. The minimum absolute atomic E-state index is 0.0179. The Hall–Kier alpha value is -1.08. The lowest BCUT2D eigenvalue weighted by atomic mass is 9.76. The van der Waals surface area contributed by atoms with Gasteiger partial charge in [0, 0.05) is 7.05 Å². The smallest absolute Gasteiger partial charge is 0.252 e. The number of hydrogen-bond donors (Lipinski definition) is 0. The number of likely N-dealkylation sites (N-methyl/N-ethyl adjacent to an activating group) is 1. The lowest BCUT2D eigenvalue weighted by molar-refractivity contribution is -0.153. The molecule has 2 saturated carbocycles. The van der Waals surface area contributed by atoms with E-state index in [1.54, 1.807) is 11.9 Å². The Morgan fingerprint density at radius 2 is 2.05 bits per heavy atom. The Balaban J connectivity index is 1.97. The zero-order chi connectivity index (χ0) is 13.9. The molecule has 2 aliphatic rings. The highest BCUT2D eigenvalue weighted by molar-refractivity contribution is 5.82. The maximum Gasteiger partial charge on any atom is 0.252 e. The molecule has 1 atom stereocenters. The van der Waals surface area contributed by atoms with Crippen molar-refractivity contribution in [1.82, 2.24) is 4.90 Å². The van der Waals surface area contributed by atoms with Gasteiger partial charge in [0.25, 0.3) is 5.91 Å². The van der Waals surface area contributed by atoms with Gasteiger partial charge < -0.3 is 9.64 Å². The van der Waals surface area contributed by atoms with Gasteiger partial charge in [-0.15, -0.1) is 0 Å². The molecule has 0 radical (unpaired) electrons. The van der Waals surface area contributed by atoms with Crippen molar-refractivity contribution in [2.45, 2.75) is 76.0 Å². The van der Waals surface area contributed by atoms with Crippen LogP contribution in [0.4, 0.5) is 0 Å². The molecule has 0 aliphatic heterocycles. The van der Waals surface area contributed by atoms with Gasteiger partial charge in [-0.2, -0.15) is 5.26 Å². The van der Waals surface area contributed by atoms with Gasteiger partial charge in [0.05, 0.1) is 12.2 Å². The molecule has 0 aromatic rings. The van der Waals surface area contributed by atoms with E-state index in [1.807, 2.05) is 6.92 Å². The normalized spacial score (nSPS) is 23.4. The second-order valence-corrected chi connectivity index (χ2v) is 5.83. The van der Waals surface area contributed by atoms with Gasteiger partial charge >= 0.3 is 0 Å². The summed E-state index contributed by atoms with van der Waals surface area (Å²) in [5.74, 6) is -0.0179. The van der Waals surface area contributed by atoms with Gasteiger partial charge in [-0.1, -0.05) is 19.8 Å². The molecule has 4 heteroatoms. The molecule has 0 N–H and O–H groups in total. The summed E-state index contributed by atoms with van der Waals surface area (Å²) in [5.41, 5.74) is -0.566. The van der Waals surface area contributed by atoms with Gasteiger partial charge in [-0.3, -0.25) is 4.79 Å². The largest absolute Gasteiger partial charge is 0.365 e. The van der Waals surface area contributed by atoms with Gasteiger partial charge in [0.15, 0.2) is 0 Å². The minimum Gasteiger partial charge on any atom is -0.365 e. The van der Waals surface area contributed by atoms with Crippen molar-refractivity contribution >= 4 is 5.91 Å². The van der Waals surface area contributed by atoms with E-state index in [0.717, 1.165) is 32.1 Å². The van der Waals surface area contributed by atoms with Crippen LogP contribution in [0.15, 0.2) is 0 Å². The quantitative estimate of drug-likeness (QED) is 0.767. The molecule has 4 nitrogen and oxygen atoms in total. The van der Waals surface area contributed by atoms with Crippen molar-refractivity contribution in [3.63, 3.8) is 0 Å². The predicted molar refractivity (Wildman–Crippen MR) is 72.4 cm³/mol. The van der Waals surface area contributed by atoms with E-state index in [2.05, 4.69) is 6.07 Å². The highest BCUT2D eigenvalue weighted by atomic mass is 16.5. The van der Waals surface area contributed by atoms with Crippen molar-refractivity contribution in [1.29, 1.82) is 5.26 Å². The summed E-state index contributed by atoms with van der Waals surface area (Å²) in [6.07, 6.45) is 7.71. The summed E-state index contributed by atoms with van der Waals surface area (Å²) in [7, 11) is 1.76. The van der Waals surface area contributed by atoms with E-state index >= 15 is 0 Å². The van der Waals surface area contributed by atoms with Gasteiger partial charge in [-0.05, 0) is 38.5 Å². The Kier molecular flexibility index (Phi) is 4.46. The highest BCUT2D eigenvalue weighted by Crippen LogP contribution is 2.37. The fourth-order valence-electron chi connectivity index (χ4n) is 3.05. The maximum absolute atomic E-state index is 12.5. The molecule has 0 saturated heterocycles. The maximum atomic E-state index is 12.5. The van der Waals surface area contributed by atoms with Crippen LogP contribution in [-0.2, 0) is 9.53 Å². The number of rotatable bonds is 5. The van der Waals surface area contributed by atoms with E-state index in [4.69, 9.17) is 4.74 Å². The predicted octanol–water partition coefficient (Wildman–Crippen LogP) is 2.63. The molecule has 2 fully saturated rings. The topological polar surface area (TPSA) is 53.3 Å².